The Kier molecular flexibility index (Phi) is 6.16. The first-order chi connectivity index (χ1) is 10.3. The summed E-state index contributed by atoms with van der Waals surface area (Å²) in [5, 5.41) is 11.8. The normalized spacial score (nSPS) is 12.9. The van der Waals surface area contributed by atoms with Gasteiger partial charge in [0, 0.05) is 5.56 Å². The van der Waals surface area contributed by atoms with Crippen LogP contribution < -0.4 is 10.1 Å². The molecule has 1 atom stereocenters. The van der Waals surface area contributed by atoms with Gasteiger partial charge in [-0.3, -0.25) is 4.79 Å². The van der Waals surface area contributed by atoms with Gasteiger partial charge in [0.25, 0.3) is 5.91 Å². The lowest BCUT2D eigenvalue weighted by Crippen LogP contribution is -2.51. The number of benzene rings is 1. The van der Waals surface area contributed by atoms with Gasteiger partial charge in [-0.25, -0.2) is 4.79 Å². The molecular formula is C17H23NO4. The fourth-order valence-electron chi connectivity index (χ4n) is 1.65. The molecule has 1 aromatic rings. The topological polar surface area (TPSA) is 75.6 Å². The van der Waals surface area contributed by atoms with E-state index in [0.29, 0.717) is 24.3 Å². The molecule has 2 N–H and O–H groups in total. The predicted molar refractivity (Wildman–Crippen MR) is 85.2 cm³/mol. The van der Waals surface area contributed by atoms with Gasteiger partial charge in [-0.05, 0) is 51.5 Å². The number of nitrogens with one attached hydrogen (secondary N) is 1. The van der Waals surface area contributed by atoms with E-state index < -0.39 is 17.4 Å². The maximum absolute atomic E-state index is 12.2. The Balaban J connectivity index is 2.82. The van der Waals surface area contributed by atoms with E-state index in [4.69, 9.17) is 4.74 Å². The van der Waals surface area contributed by atoms with E-state index in [1.54, 1.807) is 31.2 Å². The van der Waals surface area contributed by atoms with Gasteiger partial charge in [0.15, 0.2) is 0 Å². The van der Waals surface area contributed by atoms with Gasteiger partial charge in [-0.15, -0.1) is 0 Å². The SMILES string of the molecule is CCC(C)(NC(=O)c1cccc(OCC=C(C)C)c1)C(=O)O. The standard InChI is InChI=1S/C17H23NO4/c1-5-17(4,16(20)21)18-15(19)13-7-6-8-14(11-13)22-10-9-12(2)3/h6-9,11H,5,10H2,1-4H3,(H,18,19)(H,20,21). The number of allylic oxidation sites excluding steroid dienone is 1. The second-order valence-electron chi connectivity index (χ2n) is 5.57. The van der Waals surface area contributed by atoms with Crippen molar-refractivity contribution >= 4 is 11.9 Å². The number of carbonyl (C=O) groups is 2. The molecule has 1 aromatic carbocycles. The van der Waals surface area contributed by atoms with Crippen LogP contribution in [0.1, 0.15) is 44.5 Å². The average Bonchev–Trinajstić information content (AvgIpc) is 2.46. The van der Waals surface area contributed by atoms with Crippen molar-refractivity contribution < 1.29 is 19.4 Å². The Morgan fingerprint density at radius 3 is 2.59 bits per heavy atom. The van der Waals surface area contributed by atoms with Crippen molar-refractivity contribution in [1.29, 1.82) is 0 Å². The number of aliphatic carboxylic acids is 1. The zero-order valence-corrected chi connectivity index (χ0v) is 13.5. The second kappa shape index (κ2) is 7.64. The predicted octanol–water partition coefficient (Wildman–Crippen LogP) is 3.01. The summed E-state index contributed by atoms with van der Waals surface area (Å²) in [4.78, 5) is 23.5. The molecule has 0 aromatic heterocycles. The van der Waals surface area contributed by atoms with E-state index in [-0.39, 0.29) is 0 Å². The van der Waals surface area contributed by atoms with Crippen molar-refractivity contribution in [3.8, 4) is 5.75 Å². The molecule has 5 heteroatoms. The van der Waals surface area contributed by atoms with Crippen LogP contribution in [0.15, 0.2) is 35.9 Å². The van der Waals surface area contributed by atoms with Crippen molar-refractivity contribution in [2.45, 2.75) is 39.7 Å². The average molecular weight is 305 g/mol. The van der Waals surface area contributed by atoms with E-state index in [0.717, 1.165) is 5.57 Å². The van der Waals surface area contributed by atoms with Crippen LogP contribution >= 0.6 is 0 Å². The Hall–Kier alpha value is -2.30. The van der Waals surface area contributed by atoms with Crippen LogP contribution in [0.4, 0.5) is 0 Å². The second-order valence-corrected chi connectivity index (χ2v) is 5.57. The molecule has 120 valence electrons. The number of carboxylic acids is 1. The third-order valence-electron chi connectivity index (χ3n) is 3.41. The molecule has 0 heterocycles. The fourth-order valence-corrected chi connectivity index (χ4v) is 1.65. The van der Waals surface area contributed by atoms with E-state index in [9.17, 15) is 14.7 Å². The van der Waals surface area contributed by atoms with Crippen molar-refractivity contribution in [2.75, 3.05) is 6.61 Å². The van der Waals surface area contributed by atoms with Crippen LogP contribution in [0.2, 0.25) is 0 Å². The first kappa shape index (κ1) is 17.8. The molecule has 0 radical (unpaired) electrons. The summed E-state index contributed by atoms with van der Waals surface area (Å²) >= 11 is 0. The summed E-state index contributed by atoms with van der Waals surface area (Å²) in [6.45, 7) is 7.58. The van der Waals surface area contributed by atoms with Crippen LogP contribution in [0, 0.1) is 0 Å². The van der Waals surface area contributed by atoms with E-state index in [2.05, 4.69) is 5.32 Å². The number of hydrogen-bond acceptors (Lipinski definition) is 3. The molecule has 0 saturated heterocycles. The van der Waals surface area contributed by atoms with Crippen LogP contribution in [0.3, 0.4) is 0 Å². The molecule has 5 nitrogen and oxygen atoms in total. The maximum atomic E-state index is 12.2. The minimum atomic E-state index is -1.28. The third-order valence-corrected chi connectivity index (χ3v) is 3.41. The number of amides is 1. The van der Waals surface area contributed by atoms with Gasteiger partial charge >= 0.3 is 5.97 Å². The number of ether oxygens (including phenoxy) is 1. The van der Waals surface area contributed by atoms with Crippen molar-refractivity contribution in [1.82, 2.24) is 5.32 Å². The molecule has 0 spiro atoms. The maximum Gasteiger partial charge on any atom is 0.329 e. The smallest absolute Gasteiger partial charge is 0.329 e. The van der Waals surface area contributed by atoms with Crippen molar-refractivity contribution in [3.63, 3.8) is 0 Å². The van der Waals surface area contributed by atoms with Gasteiger partial charge in [-0.2, -0.15) is 0 Å². The first-order valence-electron chi connectivity index (χ1n) is 7.20. The van der Waals surface area contributed by atoms with Crippen LogP contribution in [0.25, 0.3) is 0 Å². The monoisotopic (exact) mass is 305 g/mol. The van der Waals surface area contributed by atoms with Crippen molar-refractivity contribution in [2.24, 2.45) is 0 Å². The van der Waals surface area contributed by atoms with Gasteiger partial charge < -0.3 is 15.2 Å². The number of rotatable bonds is 7. The molecule has 0 bridgehead atoms. The van der Waals surface area contributed by atoms with Crippen LogP contribution in [0.5, 0.6) is 5.75 Å². The summed E-state index contributed by atoms with van der Waals surface area (Å²) in [7, 11) is 0. The Morgan fingerprint density at radius 1 is 1.36 bits per heavy atom. The molecule has 1 amide bonds. The summed E-state index contributed by atoms with van der Waals surface area (Å²) in [6.07, 6.45) is 2.23. The van der Waals surface area contributed by atoms with Gasteiger partial charge in [0.2, 0.25) is 0 Å². The lowest BCUT2D eigenvalue weighted by Gasteiger charge is -2.24. The largest absolute Gasteiger partial charge is 0.490 e. The molecule has 0 aliphatic heterocycles. The third kappa shape index (κ3) is 4.91. The summed E-state index contributed by atoms with van der Waals surface area (Å²) in [5.74, 6) is -0.919. The Labute approximate surface area is 131 Å². The van der Waals surface area contributed by atoms with Crippen molar-refractivity contribution in [3.05, 3.63) is 41.5 Å². The van der Waals surface area contributed by atoms with Crippen LogP contribution in [-0.2, 0) is 4.79 Å². The highest BCUT2D eigenvalue weighted by atomic mass is 16.5. The molecule has 0 saturated carbocycles. The lowest BCUT2D eigenvalue weighted by atomic mass is 9.98. The summed E-state index contributed by atoms with van der Waals surface area (Å²) in [6, 6.07) is 6.69. The zero-order chi connectivity index (χ0) is 16.8. The molecule has 0 aliphatic rings. The molecule has 22 heavy (non-hydrogen) atoms. The highest BCUT2D eigenvalue weighted by molar-refractivity contribution is 5.98. The number of hydrogen-bond donors (Lipinski definition) is 2. The van der Waals surface area contributed by atoms with Gasteiger partial charge in [-0.1, -0.05) is 18.6 Å². The minimum absolute atomic E-state index is 0.296. The molecule has 0 fully saturated rings. The highest BCUT2D eigenvalue weighted by Gasteiger charge is 2.33. The summed E-state index contributed by atoms with van der Waals surface area (Å²) in [5.41, 5.74) is 0.236. The zero-order valence-electron chi connectivity index (χ0n) is 13.5. The molecule has 1 rings (SSSR count). The van der Waals surface area contributed by atoms with Crippen LogP contribution in [-0.4, -0.2) is 29.1 Å². The molecular weight excluding hydrogens is 282 g/mol. The Morgan fingerprint density at radius 2 is 2.05 bits per heavy atom. The summed E-state index contributed by atoms with van der Waals surface area (Å²) < 4.78 is 5.54. The van der Waals surface area contributed by atoms with Gasteiger partial charge in [0.05, 0.1) is 0 Å². The fraction of sp³-hybridized carbons (Fsp3) is 0.412. The minimum Gasteiger partial charge on any atom is -0.490 e. The molecule has 1 unspecified atom stereocenters. The van der Waals surface area contributed by atoms with E-state index in [1.807, 2.05) is 19.9 Å². The first-order valence-corrected chi connectivity index (χ1v) is 7.20. The number of carboxylic acid groups (broad SMARTS) is 1. The highest BCUT2D eigenvalue weighted by Crippen LogP contribution is 2.16. The number of carbonyl (C=O) groups excluding carboxylic acids is 1. The van der Waals surface area contributed by atoms with E-state index in [1.165, 1.54) is 6.92 Å². The van der Waals surface area contributed by atoms with E-state index >= 15 is 0 Å². The molecule has 0 aliphatic carbocycles. The quantitative estimate of drug-likeness (QED) is 0.759. The Bertz CT molecular complexity index is 576. The van der Waals surface area contributed by atoms with Gasteiger partial charge in [0.1, 0.15) is 17.9 Å². The lowest BCUT2D eigenvalue weighted by molar-refractivity contribution is -0.143.